The molecule has 1 fully saturated rings. The third kappa shape index (κ3) is 3.45. The van der Waals surface area contributed by atoms with Crippen molar-refractivity contribution in [3.05, 3.63) is 18.3 Å². The maximum atomic E-state index is 11.9. The maximum absolute atomic E-state index is 11.9. The molecule has 1 aliphatic rings. The number of amides is 1. The van der Waals surface area contributed by atoms with E-state index < -0.39 is 0 Å². The van der Waals surface area contributed by atoms with Crippen molar-refractivity contribution in [2.24, 2.45) is 5.92 Å². The molecular formula is C14H21N3O. The lowest BCUT2D eigenvalue weighted by atomic mass is 10.1. The van der Waals surface area contributed by atoms with Gasteiger partial charge in [0.1, 0.15) is 5.82 Å². The van der Waals surface area contributed by atoms with Gasteiger partial charge in [0.2, 0.25) is 5.91 Å². The molecule has 2 rings (SSSR count). The highest BCUT2D eigenvalue weighted by Crippen LogP contribution is 2.24. The van der Waals surface area contributed by atoms with Crippen molar-refractivity contribution < 1.29 is 4.79 Å². The molecule has 98 valence electrons. The van der Waals surface area contributed by atoms with E-state index >= 15 is 0 Å². The number of hydrogen-bond donors (Lipinski definition) is 1. The van der Waals surface area contributed by atoms with Crippen LogP contribution in [0.3, 0.4) is 0 Å². The number of hydrogen-bond acceptors (Lipinski definition) is 3. The summed E-state index contributed by atoms with van der Waals surface area (Å²) in [6.07, 6.45) is 4.79. The molecule has 4 nitrogen and oxygen atoms in total. The van der Waals surface area contributed by atoms with Crippen LogP contribution in [-0.4, -0.2) is 24.0 Å². The molecule has 1 aromatic heterocycles. The molecule has 0 radical (unpaired) electrons. The highest BCUT2D eigenvalue weighted by molar-refractivity contribution is 5.92. The van der Waals surface area contributed by atoms with Crippen LogP contribution in [0.4, 0.5) is 11.5 Å². The number of aromatic nitrogens is 1. The second-order valence-corrected chi connectivity index (χ2v) is 5.37. The summed E-state index contributed by atoms with van der Waals surface area (Å²) in [5.74, 6) is 1.41. The molecule has 1 amide bonds. The SMILES string of the molecule is CC(C)CC(=O)N(C)c1ccc(NC2CC2)nc1. The van der Waals surface area contributed by atoms with E-state index in [0.29, 0.717) is 18.4 Å². The molecule has 0 bridgehead atoms. The molecule has 1 N–H and O–H groups in total. The number of nitrogens with zero attached hydrogens (tertiary/aromatic N) is 2. The summed E-state index contributed by atoms with van der Waals surface area (Å²) in [5.41, 5.74) is 0.849. The first-order valence-electron chi connectivity index (χ1n) is 6.55. The van der Waals surface area contributed by atoms with Crippen LogP contribution in [0.15, 0.2) is 18.3 Å². The molecule has 18 heavy (non-hydrogen) atoms. The van der Waals surface area contributed by atoms with Crippen LogP contribution in [0, 0.1) is 5.92 Å². The molecule has 4 heteroatoms. The largest absolute Gasteiger partial charge is 0.367 e. The predicted molar refractivity (Wildman–Crippen MR) is 73.7 cm³/mol. The van der Waals surface area contributed by atoms with Gasteiger partial charge < -0.3 is 10.2 Å². The molecule has 0 spiro atoms. The first-order valence-corrected chi connectivity index (χ1v) is 6.55. The molecular weight excluding hydrogens is 226 g/mol. The second kappa shape index (κ2) is 5.38. The minimum Gasteiger partial charge on any atom is -0.367 e. The molecule has 1 saturated carbocycles. The number of carbonyl (C=O) groups is 1. The Labute approximate surface area is 108 Å². The average molecular weight is 247 g/mol. The first-order chi connectivity index (χ1) is 8.56. The molecule has 0 atom stereocenters. The number of anilines is 2. The quantitative estimate of drug-likeness (QED) is 0.870. The minimum absolute atomic E-state index is 0.134. The summed E-state index contributed by atoms with van der Waals surface area (Å²) >= 11 is 0. The van der Waals surface area contributed by atoms with Crippen molar-refractivity contribution in [1.82, 2.24) is 4.98 Å². The van der Waals surface area contributed by atoms with Gasteiger partial charge in [0.25, 0.3) is 0 Å². The Hall–Kier alpha value is -1.58. The monoisotopic (exact) mass is 247 g/mol. The van der Waals surface area contributed by atoms with Crippen molar-refractivity contribution in [2.45, 2.75) is 39.2 Å². The van der Waals surface area contributed by atoms with Gasteiger partial charge in [0, 0.05) is 19.5 Å². The number of rotatable bonds is 5. The average Bonchev–Trinajstić information content (AvgIpc) is 3.12. The summed E-state index contributed by atoms with van der Waals surface area (Å²) in [7, 11) is 1.80. The second-order valence-electron chi connectivity index (χ2n) is 5.37. The van der Waals surface area contributed by atoms with Crippen LogP contribution in [0.5, 0.6) is 0 Å². The van der Waals surface area contributed by atoms with Gasteiger partial charge in [-0.1, -0.05) is 13.8 Å². The molecule has 0 saturated heterocycles. The molecule has 1 heterocycles. The van der Waals surface area contributed by atoms with Gasteiger partial charge in [0.05, 0.1) is 11.9 Å². The van der Waals surface area contributed by atoms with Crippen LogP contribution < -0.4 is 10.2 Å². The normalized spacial score (nSPS) is 14.7. The Balaban J connectivity index is 1.96. The van der Waals surface area contributed by atoms with Gasteiger partial charge >= 0.3 is 0 Å². The molecule has 0 unspecified atom stereocenters. The maximum Gasteiger partial charge on any atom is 0.227 e. The van der Waals surface area contributed by atoms with Crippen LogP contribution in [-0.2, 0) is 4.79 Å². The van der Waals surface area contributed by atoms with Gasteiger partial charge in [-0.3, -0.25) is 4.79 Å². The van der Waals surface area contributed by atoms with E-state index in [1.54, 1.807) is 18.1 Å². The van der Waals surface area contributed by atoms with Crippen LogP contribution in [0.1, 0.15) is 33.1 Å². The zero-order valence-corrected chi connectivity index (χ0v) is 11.3. The van der Waals surface area contributed by atoms with Crippen molar-refractivity contribution >= 4 is 17.4 Å². The lowest BCUT2D eigenvalue weighted by Crippen LogP contribution is -2.27. The molecule has 1 aliphatic carbocycles. The van der Waals surface area contributed by atoms with E-state index in [4.69, 9.17) is 0 Å². The zero-order valence-electron chi connectivity index (χ0n) is 11.3. The molecule has 0 aliphatic heterocycles. The highest BCUT2D eigenvalue weighted by Gasteiger charge is 2.21. The fraction of sp³-hybridized carbons (Fsp3) is 0.571. The fourth-order valence-electron chi connectivity index (χ4n) is 1.74. The highest BCUT2D eigenvalue weighted by atomic mass is 16.2. The third-order valence-electron chi connectivity index (χ3n) is 3.02. The Morgan fingerprint density at radius 1 is 1.50 bits per heavy atom. The number of nitrogens with one attached hydrogen (secondary N) is 1. The Morgan fingerprint density at radius 2 is 2.22 bits per heavy atom. The van der Waals surface area contributed by atoms with E-state index in [9.17, 15) is 4.79 Å². The number of carbonyl (C=O) groups excluding carboxylic acids is 1. The lowest BCUT2D eigenvalue weighted by molar-refractivity contribution is -0.119. The van der Waals surface area contributed by atoms with Crippen molar-refractivity contribution in [2.75, 3.05) is 17.3 Å². The van der Waals surface area contributed by atoms with E-state index in [1.807, 2.05) is 26.0 Å². The van der Waals surface area contributed by atoms with Crippen LogP contribution >= 0.6 is 0 Å². The van der Waals surface area contributed by atoms with Gasteiger partial charge in [-0.05, 0) is 30.9 Å². The number of pyridine rings is 1. The first kappa shape index (κ1) is 12.9. The van der Waals surface area contributed by atoms with E-state index in [2.05, 4.69) is 10.3 Å². The van der Waals surface area contributed by atoms with Gasteiger partial charge in [-0.2, -0.15) is 0 Å². The van der Waals surface area contributed by atoms with Gasteiger partial charge in [-0.25, -0.2) is 4.98 Å². The summed E-state index contributed by atoms with van der Waals surface area (Å²) in [5, 5.41) is 3.33. The van der Waals surface area contributed by atoms with E-state index in [-0.39, 0.29) is 5.91 Å². The van der Waals surface area contributed by atoms with Crippen LogP contribution in [0.25, 0.3) is 0 Å². The van der Waals surface area contributed by atoms with Crippen molar-refractivity contribution in [3.63, 3.8) is 0 Å². The Kier molecular flexibility index (Phi) is 3.84. The Bertz CT molecular complexity index is 410. The van der Waals surface area contributed by atoms with Crippen molar-refractivity contribution in [1.29, 1.82) is 0 Å². The smallest absolute Gasteiger partial charge is 0.227 e. The van der Waals surface area contributed by atoms with Crippen molar-refractivity contribution in [3.8, 4) is 0 Å². The van der Waals surface area contributed by atoms with E-state index in [1.165, 1.54) is 12.8 Å². The third-order valence-corrected chi connectivity index (χ3v) is 3.02. The molecule has 0 aromatic carbocycles. The van der Waals surface area contributed by atoms with Crippen LogP contribution in [0.2, 0.25) is 0 Å². The minimum atomic E-state index is 0.134. The molecule has 1 aromatic rings. The topological polar surface area (TPSA) is 45.2 Å². The van der Waals surface area contributed by atoms with Gasteiger partial charge in [-0.15, -0.1) is 0 Å². The summed E-state index contributed by atoms with van der Waals surface area (Å²) in [6.45, 7) is 4.10. The van der Waals surface area contributed by atoms with E-state index in [0.717, 1.165) is 11.5 Å². The zero-order chi connectivity index (χ0) is 13.1. The standard InChI is InChI=1S/C14H21N3O/c1-10(2)8-14(18)17(3)12-6-7-13(15-9-12)16-11-4-5-11/h6-7,9-11H,4-5,8H2,1-3H3,(H,15,16). The summed E-state index contributed by atoms with van der Waals surface area (Å²) in [4.78, 5) is 17.9. The summed E-state index contributed by atoms with van der Waals surface area (Å²) in [6, 6.07) is 4.48. The fourth-order valence-corrected chi connectivity index (χ4v) is 1.74. The lowest BCUT2D eigenvalue weighted by Gasteiger charge is -2.18. The van der Waals surface area contributed by atoms with Gasteiger partial charge in [0.15, 0.2) is 0 Å². The summed E-state index contributed by atoms with van der Waals surface area (Å²) < 4.78 is 0. The predicted octanol–water partition coefficient (Wildman–Crippen LogP) is 2.66. The Morgan fingerprint density at radius 3 is 2.72 bits per heavy atom.